The maximum absolute atomic E-state index is 12.4. The molecule has 0 aliphatic rings. The third-order valence-corrected chi connectivity index (χ3v) is 11.1. The molecule has 310 valence electrons. The van der Waals surface area contributed by atoms with Crippen LogP contribution >= 0.6 is 0 Å². The fourth-order valence-corrected chi connectivity index (χ4v) is 7.45. The Morgan fingerprint density at radius 1 is 0.462 bits per heavy atom. The lowest BCUT2D eigenvalue weighted by atomic mass is 9.99. The molecular formula is C47H93NO4. The first-order valence-electron chi connectivity index (χ1n) is 23.5. The third-order valence-electron chi connectivity index (χ3n) is 11.1. The predicted octanol–water partition coefficient (Wildman–Crippen LogP) is 13.6. The summed E-state index contributed by atoms with van der Waals surface area (Å²) in [5, 5.41) is 33.6. The fraction of sp³-hybridized carbons (Fsp3) is 0.936. The van der Waals surface area contributed by atoms with E-state index in [1.165, 1.54) is 193 Å². The van der Waals surface area contributed by atoms with Gasteiger partial charge >= 0.3 is 0 Å². The van der Waals surface area contributed by atoms with Crippen LogP contribution in [-0.4, -0.2) is 46.1 Å². The molecule has 4 N–H and O–H groups in total. The summed E-state index contributed by atoms with van der Waals surface area (Å²) in [5.41, 5.74) is 0. The highest BCUT2D eigenvalue weighted by atomic mass is 16.3. The van der Waals surface area contributed by atoms with Crippen molar-refractivity contribution in [1.82, 2.24) is 5.32 Å². The zero-order valence-corrected chi connectivity index (χ0v) is 35.2. The standard InChI is InChI=1S/C47H93NO4/c1-3-5-7-9-11-13-15-17-19-20-21-22-23-24-25-26-28-30-32-34-36-38-40-42-46(51)48-44(43-49)47(52)45(50)41-39-37-35-33-31-29-27-18-16-14-12-10-8-6-4-2/h24-25,44-45,47,49-50,52H,3-23,26-43H2,1-2H3,(H,48,51)/b25-24-. The van der Waals surface area contributed by atoms with E-state index in [1.807, 2.05) is 0 Å². The summed E-state index contributed by atoms with van der Waals surface area (Å²) in [6, 6.07) is -0.808. The molecule has 0 aromatic rings. The van der Waals surface area contributed by atoms with Gasteiger partial charge in [0, 0.05) is 6.42 Å². The summed E-state index contributed by atoms with van der Waals surface area (Å²) >= 11 is 0. The summed E-state index contributed by atoms with van der Waals surface area (Å²) in [7, 11) is 0. The molecule has 0 spiro atoms. The molecule has 3 atom stereocenters. The highest BCUT2D eigenvalue weighted by Crippen LogP contribution is 2.17. The summed E-state index contributed by atoms with van der Waals surface area (Å²) in [5.74, 6) is -0.146. The summed E-state index contributed by atoms with van der Waals surface area (Å²) in [6.45, 7) is 4.20. The molecule has 52 heavy (non-hydrogen) atoms. The van der Waals surface area contributed by atoms with E-state index in [2.05, 4.69) is 31.3 Å². The Bertz CT molecular complexity index is 728. The van der Waals surface area contributed by atoms with Crippen LogP contribution in [0.3, 0.4) is 0 Å². The van der Waals surface area contributed by atoms with Crippen LogP contribution in [0.15, 0.2) is 12.2 Å². The Morgan fingerprint density at radius 2 is 0.769 bits per heavy atom. The molecule has 0 aromatic heterocycles. The minimum atomic E-state index is -1.13. The zero-order valence-electron chi connectivity index (χ0n) is 35.2. The second-order valence-electron chi connectivity index (χ2n) is 16.3. The number of carbonyl (C=O) groups excluding carboxylic acids is 1. The number of amides is 1. The molecule has 0 aromatic carbocycles. The molecule has 5 nitrogen and oxygen atoms in total. The van der Waals surface area contributed by atoms with Crippen LogP contribution in [0.4, 0.5) is 0 Å². The monoisotopic (exact) mass is 736 g/mol. The minimum Gasteiger partial charge on any atom is -0.394 e. The van der Waals surface area contributed by atoms with E-state index in [1.54, 1.807) is 0 Å². The van der Waals surface area contributed by atoms with Crippen LogP contribution in [0.25, 0.3) is 0 Å². The fourth-order valence-electron chi connectivity index (χ4n) is 7.45. The van der Waals surface area contributed by atoms with E-state index >= 15 is 0 Å². The summed E-state index contributed by atoms with van der Waals surface area (Å²) < 4.78 is 0. The van der Waals surface area contributed by atoms with E-state index in [-0.39, 0.29) is 12.5 Å². The number of hydrogen-bond donors (Lipinski definition) is 4. The summed E-state index contributed by atoms with van der Waals surface area (Å²) in [4.78, 5) is 12.4. The van der Waals surface area contributed by atoms with Gasteiger partial charge in [0.15, 0.2) is 0 Å². The van der Waals surface area contributed by atoms with Crippen LogP contribution in [0.2, 0.25) is 0 Å². The third kappa shape index (κ3) is 37.4. The maximum atomic E-state index is 12.4. The van der Waals surface area contributed by atoms with Crippen LogP contribution in [0, 0.1) is 0 Å². The van der Waals surface area contributed by atoms with Crippen LogP contribution in [0.5, 0.6) is 0 Å². The first-order valence-corrected chi connectivity index (χ1v) is 23.5. The molecule has 0 radical (unpaired) electrons. The average molecular weight is 736 g/mol. The van der Waals surface area contributed by atoms with Gasteiger partial charge in [-0.1, -0.05) is 225 Å². The lowest BCUT2D eigenvalue weighted by Crippen LogP contribution is -2.50. The predicted molar refractivity (Wildman–Crippen MR) is 227 cm³/mol. The van der Waals surface area contributed by atoms with E-state index in [0.717, 1.165) is 38.5 Å². The van der Waals surface area contributed by atoms with Crippen LogP contribution in [-0.2, 0) is 4.79 Å². The molecule has 0 aliphatic carbocycles. The highest BCUT2D eigenvalue weighted by Gasteiger charge is 2.26. The maximum Gasteiger partial charge on any atom is 0.220 e. The summed E-state index contributed by atoms with van der Waals surface area (Å²) in [6.07, 6.45) is 50.4. The van der Waals surface area contributed by atoms with Crippen molar-refractivity contribution in [3.05, 3.63) is 12.2 Å². The average Bonchev–Trinajstić information content (AvgIpc) is 3.15. The molecule has 5 heteroatoms. The lowest BCUT2D eigenvalue weighted by Gasteiger charge is -2.26. The number of carbonyl (C=O) groups is 1. The first-order chi connectivity index (χ1) is 25.6. The smallest absolute Gasteiger partial charge is 0.220 e. The molecule has 0 heterocycles. The Kier molecular flexibility index (Phi) is 42.1. The van der Waals surface area contributed by atoms with Crippen molar-refractivity contribution in [2.45, 2.75) is 276 Å². The molecule has 0 saturated carbocycles. The number of hydrogen-bond acceptors (Lipinski definition) is 4. The van der Waals surface area contributed by atoms with E-state index < -0.39 is 18.2 Å². The number of aliphatic hydroxyl groups excluding tert-OH is 3. The van der Waals surface area contributed by atoms with Gasteiger partial charge in [-0.15, -0.1) is 0 Å². The van der Waals surface area contributed by atoms with E-state index in [0.29, 0.717) is 12.8 Å². The number of unbranched alkanes of at least 4 members (excludes halogenated alkanes) is 33. The van der Waals surface area contributed by atoms with Gasteiger partial charge < -0.3 is 20.6 Å². The molecule has 0 bridgehead atoms. The number of allylic oxidation sites excluding steroid dienone is 2. The van der Waals surface area contributed by atoms with Crippen LogP contribution in [0.1, 0.15) is 258 Å². The second-order valence-corrected chi connectivity index (χ2v) is 16.3. The Morgan fingerprint density at radius 3 is 1.12 bits per heavy atom. The topological polar surface area (TPSA) is 89.8 Å². The van der Waals surface area contributed by atoms with Crippen molar-refractivity contribution in [3.63, 3.8) is 0 Å². The van der Waals surface area contributed by atoms with Crippen molar-refractivity contribution in [3.8, 4) is 0 Å². The normalized spacial score (nSPS) is 13.6. The molecule has 0 rings (SSSR count). The molecule has 3 unspecified atom stereocenters. The van der Waals surface area contributed by atoms with Gasteiger partial charge in [-0.25, -0.2) is 0 Å². The molecule has 1 amide bonds. The van der Waals surface area contributed by atoms with Gasteiger partial charge in [0.1, 0.15) is 6.10 Å². The first kappa shape index (κ1) is 51.1. The van der Waals surface area contributed by atoms with E-state index in [9.17, 15) is 20.1 Å². The van der Waals surface area contributed by atoms with Crippen molar-refractivity contribution >= 4 is 5.91 Å². The van der Waals surface area contributed by atoms with Crippen molar-refractivity contribution in [2.75, 3.05) is 6.61 Å². The zero-order chi connectivity index (χ0) is 38.0. The molecule has 0 saturated heterocycles. The molecule has 0 aliphatic heterocycles. The van der Waals surface area contributed by atoms with Crippen molar-refractivity contribution in [2.24, 2.45) is 0 Å². The van der Waals surface area contributed by atoms with Gasteiger partial charge in [-0.3, -0.25) is 4.79 Å². The number of aliphatic hydroxyl groups is 3. The number of nitrogens with one attached hydrogen (secondary N) is 1. The SMILES string of the molecule is CCCCCCCCCCCCCC/C=C\CCCCCCCCCC(=O)NC(CO)C(O)C(O)CCCCCCCCCCCCCCCCC. The van der Waals surface area contributed by atoms with Gasteiger partial charge in [0.25, 0.3) is 0 Å². The van der Waals surface area contributed by atoms with Gasteiger partial charge in [0.05, 0.1) is 18.8 Å². The minimum absolute atomic E-state index is 0.146. The van der Waals surface area contributed by atoms with Crippen molar-refractivity contribution in [1.29, 1.82) is 0 Å². The van der Waals surface area contributed by atoms with E-state index in [4.69, 9.17) is 0 Å². The lowest BCUT2D eigenvalue weighted by molar-refractivity contribution is -0.124. The largest absolute Gasteiger partial charge is 0.394 e. The Hall–Kier alpha value is -0.910. The van der Waals surface area contributed by atoms with Crippen molar-refractivity contribution < 1.29 is 20.1 Å². The van der Waals surface area contributed by atoms with Crippen LogP contribution < -0.4 is 5.32 Å². The number of rotatable bonds is 43. The quantitative estimate of drug-likeness (QED) is 0.0371. The Balaban J connectivity index is 3.58. The van der Waals surface area contributed by atoms with Gasteiger partial charge in [0.2, 0.25) is 5.91 Å². The second kappa shape index (κ2) is 42.8. The molecular weight excluding hydrogens is 643 g/mol. The van der Waals surface area contributed by atoms with Gasteiger partial charge in [-0.05, 0) is 38.5 Å². The highest BCUT2D eigenvalue weighted by molar-refractivity contribution is 5.76. The molecule has 0 fully saturated rings. The Labute approximate surface area is 325 Å². The van der Waals surface area contributed by atoms with Gasteiger partial charge in [-0.2, -0.15) is 0 Å².